The van der Waals surface area contributed by atoms with Gasteiger partial charge in [0, 0.05) is 38.8 Å². The molecule has 8 nitrogen and oxygen atoms in total. The van der Waals surface area contributed by atoms with Gasteiger partial charge < -0.3 is 20.1 Å². The normalized spacial score (nSPS) is 17.1. The molecule has 1 fully saturated rings. The first kappa shape index (κ1) is 17.2. The summed E-state index contributed by atoms with van der Waals surface area (Å²) in [5.74, 6) is -1.17. The van der Waals surface area contributed by atoms with Crippen LogP contribution in [0, 0.1) is 0 Å². The molecule has 0 aromatic rings. The lowest BCUT2D eigenvalue weighted by atomic mass is 10.2. The lowest BCUT2D eigenvalue weighted by molar-refractivity contribution is -0.141. The maximum Gasteiger partial charge on any atom is 0.317 e. The quantitative estimate of drug-likeness (QED) is 0.656. The third kappa shape index (κ3) is 6.44. The van der Waals surface area contributed by atoms with Gasteiger partial charge in [-0.25, -0.2) is 4.79 Å². The largest absolute Gasteiger partial charge is 0.481 e. The van der Waals surface area contributed by atoms with E-state index in [0.29, 0.717) is 39.1 Å². The van der Waals surface area contributed by atoms with E-state index in [9.17, 15) is 14.4 Å². The van der Waals surface area contributed by atoms with Crippen molar-refractivity contribution in [3.8, 4) is 0 Å². The van der Waals surface area contributed by atoms with Crippen LogP contribution in [0.15, 0.2) is 0 Å². The van der Waals surface area contributed by atoms with E-state index < -0.39 is 12.0 Å². The number of carboxylic acid groups (broad SMARTS) is 1. The zero-order valence-electron chi connectivity index (χ0n) is 12.5. The Balaban J connectivity index is 2.27. The molecule has 2 amide bonds. The Kier molecular flexibility index (Phi) is 6.93. The number of carbonyl (C=O) groups excluding carboxylic acids is 2. The van der Waals surface area contributed by atoms with Gasteiger partial charge in [-0.3, -0.25) is 14.5 Å². The summed E-state index contributed by atoms with van der Waals surface area (Å²) in [5, 5.41) is 11.3. The molecule has 1 rings (SSSR count). The Morgan fingerprint density at radius 3 is 2.38 bits per heavy atom. The average Bonchev–Trinajstić information content (AvgIpc) is 2.44. The monoisotopic (exact) mass is 301 g/mol. The van der Waals surface area contributed by atoms with E-state index >= 15 is 0 Å². The minimum atomic E-state index is -0.935. The number of aliphatic carboxylic acids is 1. The number of methoxy groups -OCH3 is 1. The Morgan fingerprint density at radius 1 is 1.24 bits per heavy atom. The molecule has 1 atom stereocenters. The lowest BCUT2D eigenvalue weighted by Crippen LogP contribution is -2.53. The fraction of sp³-hybridized carbons (Fsp3) is 0.769. The summed E-state index contributed by atoms with van der Waals surface area (Å²) in [7, 11) is 1.36. The molecule has 0 bridgehead atoms. The number of carboxylic acids is 1. The number of urea groups is 1. The highest BCUT2D eigenvalue weighted by molar-refractivity contribution is 5.76. The molecule has 21 heavy (non-hydrogen) atoms. The van der Waals surface area contributed by atoms with Crippen molar-refractivity contribution in [1.82, 2.24) is 15.1 Å². The molecule has 1 heterocycles. The maximum atomic E-state index is 11.9. The smallest absolute Gasteiger partial charge is 0.317 e. The van der Waals surface area contributed by atoms with Gasteiger partial charge in [0.05, 0.1) is 20.0 Å². The van der Waals surface area contributed by atoms with Crippen LogP contribution >= 0.6 is 0 Å². The number of rotatable bonds is 6. The highest BCUT2D eigenvalue weighted by Crippen LogP contribution is 2.04. The van der Waals surface area contributed by atoms with Crippen LogP contribution in [-0.4, -0.2) is 78.8 Å². The molecule has 0 saturated carbocycles. The summed E-state index contributed by atoms with van der Waals surface area (Å²) >= 11 is 0. The summed E-state index contributed by atoms with van der Waals surface area (Å²) in [6.07, 6.45) is 0.253. The first-order valence-corrected chi connectivity index (χ1v) is 6.98. The van der Waals surface area contributed by atoms with E-state index in [1.807, 2.05) is 0 Å². The predicted molar refractivity (Wildman–Crippen MR) is 74.9 cm³/mol. The number of esters is 1. The molecule has 0 aromatic heterocycles. The van der Waals surface area contributed by atoms with Crippen molar-refractivity contribution in [3.63, 3.8) is 0 Å². The van der Waals surface area contributed by atoms with Crippen molar-refractivity contribution in [1.29, 1.82) is 0 Å². The lowest BCUT2D eigenvalue weighted by Gasteiger charge is -2.35. The number of nitrogens with one attached hydrogen (secondary N) is 1. The molecular weight excluding hydrogens is 278 g/mol. The topological polar surface area (TPSA) is 99.2 Å². The molecule has 0 spiro atoms. The van der Waals surface area contributed by atoms with Gasteiger partial charge in [0.1, 0.15) is 0 Å². The van der Waals surface area contributed by atoms with Gasteiger partial charge in [0.15, 0.2) is 0 Å². The third-order valence-electron chi connectivity index (χ3n) is 3.37. The summed E-state index contributed by atoms with van der Waals surface area (Å²) in [6.45, 7) is 4.80. The van der Waals surface area contributed by atoms with Crippen molar-refractivity contribution >= 4 is 18.0 Å². The number of amides is 2. The Hall–Kier alpha value is -1.83. The average molecular weight is 301 g/mol. The Labute approximate surface area is 124 Å². The van der Waals surface area contributed by atoms with Crippen LogP contribution in [0.4, 0.5) is 4.79 Å². The van der Waals surface area contributed by atoms with E-state index in [-0.39, 0.29) is 18.4 Å². The predicted octanol–water partition coefficient (Wildman–Crippen LogP) is -0.260. The molecule has 1 saturated heterocycles. The molecule has 1 aliphatic rings. The van der Waals surface area contributed by atoms with Gasteiger partial charge in [-0.15, -0.1) is 0 Å². The van der Waals surface area contributed by atoms with Crippen molar-refractivity contribution in [2.75, 3.05) is 39.8 Å². The molecule has 0 aromatic carbocycles. The van der Waals surface area contributed by atoms with Gasteiger partial charge in [-0.1, -0.05) is 0 Å². The van der Waals surface area contributed by atoms with Gasteiger partial charge in [0.25, 0.3) is 0 Å². The van der Waals surface area contributed by atoms with E-state index in [4.69, 9.17) is 5.11 Å². The van der Waals surface area contributed by atoms with Crippen molar-refractivity contribution in [2.24, 2.45) is 0 Å². The maximum absolute atomic E-state index is 11.9. The van der Waals surface area contributed by atoms with Crippen LogP contribution in [0.3, 0.4) is 0 Å². The summed E-state index contributed by atoms with van der Waals surface area (Å²) in [4.78, 5) is 37.3. The Morgan fingerprint density at radius 2 is 1.86 bits per heavy atom. The summed E-state index contributed by atoms with van der Waals surface area (Å²) in [6, 6.07) is -0.635. The first-order valence-electron chi connectivity index (χ1n) is 6.98. The van der Waals surface area contributed by atoms with E-state index in [1.165, 1.54) is 7.11 Å². The minimum absolute atomic E-state index is 0.0924. The van der Waals surface area contributed by atoms with Crippen molar-refractivity contribution < 1.29 is 24.2 Å². The Bertz CT molecular complexity index is 380. The fourth-order valence-electron chi connectivity index (χ4n) is 2.14. The zero-order valence-corrected chi connectivity index (χ0v) is 12.5. The highest BCUT2D eigenvalue weighted by atomic mass is 16.5. The summed E-state index contributed by atoms with van der Waals surface area (Å²) < 4.78 is 4.59. The fourth-order valence-corrected chi connectivity index (χ4v) is 2.14. The molecule has 0 radical (unpaired) electrons. The summed E-state index contributed by atoms with van der Waals surface area (Å²) in [5.41, 5.74) is 0. The van der Waals surface area contributed by atoms with Crippen LogP contribution in [0.2, 0.25) is 0 Å². The van der Waals surface area contributed by atoms with Gasteiger partial charge in [-0.05, 0) is 6.92 Å². The molecule has 120 valence electrons. The molecule has 0 aliphatic carbocycles. The van der Waals surface area contributed by atoms with E-state index in [2.05, 4.69) is 15.0 Å². The molecule has 1 unspecified atom stereocenters. The molecular formula is C13H23N3O5. The number of hydrogen-bond donors (Lipinski definition) is 2. The van der Waals surface area contributed by atoms with Gasteiger partial charge in [-0.2, -0.15) is 0 Å². The number of nitrogens with zero attached hydrogens (tertiary/aromatic N) is 2. The van der Waals surface area contributed by atoms with Gasteiger partial charge in [0.2, 0.25) is 0 Å². The van der Waals surface area contributed by atoms with Crippen LogP contribution in [0.1, 0.15) is 19.8 Å². The van der Waals surface area contributed by atoms with Crippen LogP contribution in [0.5, 0.6) is 0 Å². The van der Waals surface area contributed by atoms with E-state index in [1.54, 1.807) is 11.8 Å². The number of ether oxygens (including phenoxy) is 1. The number of hydrogen-bond acceptors (Lipinski definition) is 5. The van der Waals surface area contributed by atoms with Gasteiger partial charge >= 0.3 is 18.0 Å². The second kappa shape index (κ2) is 8.46. The standard InChI is InChI=1S/C13H23N3O5/c1-10(9-11(17)18)14-13(20)16-7-5-15(6-8-16)4-3-12(19)21-2/h10H,3-9H2,1-2H3,(H,14,20)(H,17,18). The van der Waals surface area contributed by atoms with Crippen LogP contribution in [-0.2, 0) is 14.3 Å². The third-order valence-corrected chi connectivity index (χ3v) is 3.37. The molecule has 8 heteroatoms. The SMILES string of the molecule is COC(=O)CCN1CCN(C(=O)NC(C)CC(=O)O)CC1. The highest BCUT2D eigenvalue weighted by Gasteiger charge is 2.22. The van der Waals surface area contributed by atoms with Crippen molar-refractivity contribution in [2.45, 2.75) is 25.8 Å². The van der Waals surface area contributed by atoms with E-state index in [0.717, 1.165) is 0 Å². The molecule has 1 aliphatic heterocycles. The second-order valence-electron chi connectivity index (χ2n) is 5.10. The van der Waals surface area contributed by atoms with Crippen LogP contribution in [0.25, 0.3) is 0 Å². The van der Waals surface area contributed by atoms with Crippen LogP contribution < -0.4 is 5.32 Å². The number of piperazine rings is 1. The van der Waals surface area contributed by atoms with Crippen molar-refractivity contribution in [3.05, 3.63) is 0 Å². The minimum Gasteiger partial charge on any atom is -0.481 e. The zero-order chi connectivity index (χ0) is 15.8. The second-order valence-corrected chi connectivity index (χ2v) is 5.10. The number of carbonyl (C=O) groups is 3. The molecule has 2 N–H and O–H groups in total. The first-order chi connectivity index (χ1) is 9.92.